The summed E-state index contributed by atoms with van der Waals surface area (Å²) >= 11 is 6.05. The molecule has 1 amide bonds. The molecule has 2 aromatic carbocycles. The lowest BCUT2D eigenvalue weighted by Gasteiger charge is -2.31. The Morgan fingerprint density at radius 2 is 1.53 bits per heavy atom. The summed E-state index contributed by atoms with van der Waals surface area (Å²) in [5.41, 5.74) is -6.46. The van der Waals surface area contributed by atoms with Gasteiger partial charge in [0.2, 0.25) is 5.91 Å². The van der Waals surface area contributed by atoms with Gasteiger partial charge < -0.3 is 19.9 Å². The second kappa shape index (κ2) is 15.3. The SMILES string of the molecule is Cc1cc(Cl)cc(C)c1-c1cc(C(F)(F)F)c(F)c([C@H](CC(=O)O)NC(=O)C(CC(C)C)n2cc(CCN3CCC3)c(C(F)(F)F)cc2=O)c1F. The van der Waals surface area contributed by atoms with Gasteiger partial charge in [0.15, 0.2) is 0 Å². The standard InChI is InChI=1S/C35H36ClF8N3O4/c1-17(2)10-26(47-16-20(6-9-46-7-5-8-46)23(14-27(47)48)34(39,40)41)33(51)45-25(15-28(49)50)30-31(37)22(13-24(32(30)38)35(42,43)44)29-18(3)11-21(36)12-19(29)4/h11-14,16-17,25-26H,5-10,15H2,1-4H3,(H,45,51)(H,49,50)/t25-,26?/m0/s1. The molecule has 2 heterocycles. The molecular weight excluding hydrogens is 714 g/mol. The topological polar surface area (TPSA) is 91.6 Å². The van der Waals surface area contributed by atoms with Crippen LogP contribution >= 0.6 is 11.6 Å². The van der Waals surface area contributed by atoms with E-state index in [1.165, 1.54) is 26.0 Å². The maximum atomic E-state index is 16.4. The van der Waals surface area contributed by atoms with Crippen LogP contribution in [-0.4, -0.2) is 46.1 Å². The molecule has 1 aliphatic rings. The second-order valence-electron chi connectivity index (χ2n) is 13.1. The zero-order valence-corrected chi connectivity index (χ0v) is 28.8. The predicted octanol–water partition coefficient (Wildman–Crippen LogP) is 8.27. The first-order valence-electron chi connectivity index (χ1n) is 16.0. The van der Waals surface area contributed by atoms with E-state index in [0.29, 0.717) is 19.2 Å². The van der Waals surface area contributed by atoms with Gasteiger partial charge in [-0.1, -0.05) is 25.4 Å². The molecule has 2 N–H and O–H groups in total. The number of carbonyl (C=O) groups is 2. The number of hydrogen-bond donors (Lipinski definition) is 2. The van der Waals surface area contributed by atoms with Crippen LogP contribution in [0.3, 0.4) is 0 Å². The van der Waals surface area contributed by atoms with E-state index in [-0.39, 0.29) is 52.7 Å². The predicted molar refractivity (Wildman–Crippen MR) is 173 cm³/mol. The van der Waals surface area contributed by atoms with Crippen molar-refractivity contribution in [2.75, 3.05) is 19.6 Å². The van der Waals surface area contributed by atoms with Crippen LogP contribution in [0.4, 0.5) is 35.1 Å². The lowest BCUT2D eigenvalue weighted by atomic mass is 9.89. The number of aliphatic carboxylic acids is 1. The molecule has 0 spiro atoms. The number of nitrogens with one attached hydrogen (secondary N) is 1. The molecule has 3 aromatic rings. The number of benzene rings is 2. The fourth-order valence-electron chi connectivity index (χ4n) is 6.33. The summed E-state index contributed by atoms with van der Waals surface area (Å²) in [7, 11) is 0. The fraction of sp³-hybridized carbons (Fsp3) is 0.457. The van der Waals surface area contributed by atoms with Crippen LogP contribution in [0.25, 0.3) is 11.1 Å². The molecule has 1 aromatic heterocycles. The zero-order valence-electron chi connectivity index (χ0n) is 28.0. The average Bonchev–Trinajstić information content (AvgIpc) is 2.94. The number of alkyl halides is 6. The number of rotatable bonds is 12. The summed E-state index contributed by atoms with van der Waals surface area (Å²) in [4.78, 5) is 41.0. The van der Waals surface area contributed by atoms with Crippen molar-refractivity contribution in [3.8, 4) is 11.1 Å². The van der Waals surface area contributed by atoms with Gasteiger partial charge in [-0.2, -0.15) is 26.3 Å². The summed E-state index contributed by atoms with van der Waals surface area (Å²) in [5, 5.41) is 12.0. The largest absolute Gasteiger partial charge is 0.481 e. The minimum atomic E-state index is -5.40. The zero-order chi connectivity index (χ0) is 38.2. The van der Waals surface area contributed by atoms with E-state index in [1.807, 2.05) is 4.90 Å². The molecule has 0 radical (unpaired) electrons. The number of aryl methyl sites for hydroxylation is 2. The van der Waals surface area contributed by atoms with Crippen molar-refractivity contribution in [1.29, 1.82) is 0 Å². The number of halogens is 9. The highest BCUT2D eigenvalue weighted by Gasteiger charge is 2.41. The molecule has 1 saturated heterocycles. The van der Waals surface area contributed by atoms with Crippen molar-refractivity contribution in [3.05, 3.63) is 90.9 Å². The number of aromatic nitrogens is 1. The number of pyridine rings is 1. The van der Waals surface area contributed by atoms with Crippen LogP contribution < -0.4 is 10.9 Å². The van der Waals surface area contributed by atoms with E-state index >= 15 is 8.78 Å². The Bertz CT molecular complexity index is 1850. The first-order valence-corrected chi connectivity index (χ1v) is 16.4. The number of hydrogen-bond acceptors (Lipinski definition) is 4. The van der Waals surface area contributed by atoms with Gasteiger partial charge in [0.1, 0.15) is 17.7 Å². The molecule has 0 aliphatic carbocycles. The smallest absolute Gasteiger partial charge is 0.419 e. The van der Waals surface area contributed by atoms with E-state index in [2.05, 4.69) is 5.32 Å². The van der Waals surface area contributed by atoms with Crippen molar-refractivity contribution >= 4 is 23.5 Å². The maximum Gasteiger partial charge on any atom is 0.419 e. The highest BCUT2D eigenvalue weighted by Crippen LogP contribution is 2.42. The third-order valence-corrected chi connectivity index (χ3v) is 9.02. The molecule has 4 rings (SSSR count). The summed E-state index contributed by atoms with van der Waals surface area (Å²) < 4.78 is 118. The van der Waals surface area contributed by atoms with Crippen LogP contribution in [0.1, 0.15) is 78.6 Å². The first kappa shape index (κ1) is 39.8. The molecular formula is C35H36ClF8N3O4. The Kier molecular flexibility index (Phi) is 12.0. The minimum Gasteiger partial charge on any atom is -0.481 e. The van der Waals surface area contributed by atoms with Gasteiger partial charge in [-0.25, -0.2) is 8.78 Å². The van der Waals surface area contributed by atoms with Crippen molar-refractivity contribution in [1.82, 2.24) is 14.8 Å². The summed E-state index contributed by atoms with van der Waals surface area (Å²) in [5.74, 6) is -7.16. The van der Waals surface area contributed by atoms with Gasteiger partial charge in [-0.15, -0.1) is 0 Å². The molecule has 278 valence electrons. The minimum absolute atomic E-state index is 0.0798. The summed E-state index contributed by atoms with van der Waals surface area (Å²) in [6.07, 6.45) is -10.2. The molecule has 1 fully saturated rings. The number of carbonyl (C=O) groups excluding carboxylic acids is 1. The molecule has 16 heteroatoms. The molecule has 1 unspecified atom stereocenters. The second-order valence-corrected chi connectivity index (χ2v) is 13.6. The van der Waals surface area contributed by atoms with Crippen LogP contribution in [0.5, 0.6) is 0 Å². The monoisotopic (exact) mass is 749 g/mol. The van der Waals surface area contributed by atoms with E-state index in [0.717, 1.165) is 17.2 Å². The number of likely N-dealkylation sites (tertiary alicyclic amines) is 1. The quantitative estimate of drug-likeness (QED) is 0.182. The molecule has 0 saturated carbocycles. The number of nitrogens with zero attached hydrogens (tertiary/aromatic N) is 2. The Labute approximate surface area is 293 Å². The number of carboxylic acid groups (broad SMARTS) is 1. The van der Waals surface area contributed by atoms with Crippen LogP contribution in [0.15, 0.2) is 35.3 Å². The Morgan fingerprint density at radius 3 is 2.02 bits per heavy atom. The van der Waals surface area contributed by atoms with E-state index in [9.17, 15) is 45.8 Å². The van der Waals surface area contributed by atoms with E-state index < -0.39 is 88.1 Å². The Morgan fingerprint density at radius 1 is 0.941 bits per heavy atom. The van der Waals surface area contributed by atoms with Crippen molar-refractivity contribution in [2.45, 2.75) is 77.8 Å². The Hall–Kier alpha value is -3.98. The number of amides is 1. The summed E-state index contributed by atoms with van der Waals surface area (Å²) in [6.45, 7) is 7.66. The van der Waals surface area contributed by atoms with Gasteiger partial charge in [0, 0.05) is 35.0 Å². The fourth-order valence-corrected chi connectivity index (χ4v) is 6.66. The van der Waals surface area contributed by atoms with Crippen molar-refractivity contribution in [2.24, 2.45) is 5.92 Å². The average molecular weight is 750 g/mol. The van der Waals surface area contributed by atoms with Gasteiger partial charge in [-0.3, -0.25) is 14.4 Å². The molecule has 7 nitrogen and oxygen atoms in total. The van der Waals surface area contributed by atoms with E-state index in [4.69, 9.17) is 11.6 Å². The molecule has 0 bridgehead atoms. The molecule has 1 aliphatic heterocycles. The normalized spacial score (nSPS) is 15.1. The van der Waals surface area contributed by atoms with Gasteiger partial charge in [0.25, 0.3) is 5.56 Å². The third-order valence-electron chi connectivity index (χ3n) is 8.80. The number of carboxylic acids is 1. The highest BCUT2D eigenvalue weighted by atomic mass is 35.5. The van der Waals surface area contributed by atoms with Crippen LogP contribution in [-0.2, 0) is 28.4 Å². The van der Waals surface area contributed by atoms with E-state index in [1.54, 1.807) is 13.8 Å². The van der Waals surface area contributed by atoms with Crippen molar-refractivity contribution < 1.29 is 49.8 Å². The lowest BCUT2D eigenvalue weighted by Crippen LogP contribution is -2.41. The van der Waals surface area contributed by atoms with Crippen LogP contribution in [0, 0.1) is 31.4 Å². The molecule has 2 atom stereocenters. The van der Waals surface area contributed by atoms with Crippen molar-refractivity contribution in [3.63, 3.8) is 0 Å². The van der Waals surface area contributed by atoms with Gasteiger partial charge >= 0.3 is 18.3 Å². The molecule has 51 heavy (non-hydrogen) atoms. The van der Waals surface area contributed by atoms with Gasteiger partial charge in [-0.05, 0) is 92.6 Å². The van der Waals surface area contributed by atoms with Gasteiger partial charge in [0.05, 0.1) is 23.6 Å². The first-order chi connectivity index (χ1) is 23.6. The maximum absolute atomic E-state index is 16.4. The Balaban J connectivity index is 1.88. The third kappa shape index (κ3) is 9.09. The lowest BCUT2D eigenvalue weighted by molar-refractivity contribution is -0.140. The highest BCUT2D eigenvalue weighted by molar-refractivity contribution is 6.30. The van der Waals surface area contributed by atoms with Crippen LogP contribution in [0.2, 0.25) is 5.02 Å². The summed E-state index contributed by atoms with van der Waals surface area (Å²) in [6, 6.07) is -0.623.